The molecule has 2 aromatic carbocycles. The van der Waals surface area contributed by atoms with Crippen LogP contribution in [0.3, 0.4) is 0 Å². The number of para-hydroxylation sites is 1. The van der Waals surface area contributed by atoms with Crippen molar-refractivity contribution in [1.82, 2.24) is 19.7 Å². The quantitative estimate of drug-likeness (QED) is 0.462. The first-order valence-electron chi connectivity index (χ1n) is 10.0. The average molecular weight is 396 g/mol. The molecule has 1 amide bonds. The Morgan fingerprint density at radius 2 is 1.63 bits per heavy atom. The molecule has 1 unspecified atom stereocenters. The standard InChI is InChI=1S/C25H24N4O/c1-19-17-24(27-29(19)22-13-7-4-8-14-22)25(30)28(18-21-11-5-3-6-12-21)20(2)23-15-9-10-16-26-23/h3-17,20H,18H2,1-2H3. The van der Waals surface area contributed by atoms with Crippen LogP contribution in [-0.2, 0) is 6.54 Å². The van der Waals surface area contributed by atoms with Crippen LogP contribution in [0.25, 0.3) is 5.69 Å². The number of aromatic nitrogens is 3. The number of nitrogens with zero attached hydrogens (tertiary/aromatic N) is 4. The Balaban J connectivity index is 1.69. The second kappa shape index (κ2) is 8.74. The molecule has 1 atom stereocenters. The lowest BCUT2D eigenvalue weighted by atomic mass is 10.1. The largest absolute Gasteiger partial charge is 0.325 e. The van der Waals surface area contributed by atoms with Crippen molar-refractivity contribution in [2.24, 2.45) is 0 Å². The van der Waals surface area contributed by atoms with Gasteiger partial charge in [0.1, 0.15) is 0 Å². The number of aryl methyl sites for hydroxylation is 1. The van der Waals surface area contributed by atoms with E-state index in [0.717, 1.165) is 22.6 Å². The van der Waals surface area contributed by atoms with E-state index in [-0.39, 0.29) is 11.9 Å². The molecule has 0 aliphatic heterocycles. The highest BCUT2D eigenvalue weighted by Gasteiger charge is 2.26. The number of rotatable bonds is 6. The van der Waals surface area contributed by atoms with Crippen LogP contribution < -0.4 is 0 Å². The summed E-state index contributed by atoms with van der Waals surface area (Å²) in [6, 6.07) is 27.3. The van der Waals surface area contributed by atoms with Gasteiger partial charge in [-0.3, -0.25) is 9.78 Å². The van der Waals surface area contributed by atoms with Crippen LogP contribution in [0.2, 0.25) is 0 Å². The minimum atomic E-state index is -0.193. The average Bonchev–Trinajstić information content (AvgIpc) is 3.20. The van der Waals surface area contributed by atoms with E-state index in [1.54, 1.807) is 10.9 Å². The fourth-order valence-electron chi connectivity index (χ4n) is 3.50. The zero-order valence-corrected chi connectivity index (χ0v) is 17.1. The molecule has 4 aromatic rings. The Labute approximate surface area is 176 Å². The smallest absolute Gasteiger partial charge is 0.275 e. The molecule has 30 heavy (non-hydrogen) atoms. The molecular formula is C25H24N4O. The van der Waals surface area contributed by atoms with Gasteiger partial charge in [-0.05, 0) is 49.7 Å². The first-order valence-corrected chi connectivity index (χ1v) is 10.0. The lowest BCUT2D eigenvalue weighted by molar-refractivity contribution is 0.0663. The minimum absolute atomic E-state index is 0.116. The number of carbonyl (C=O) groups excluding carboxylic acids is 1. The maximum atomic E-state index is 13.6. The van der Waals surface area contributed by atoms with Crippen LogP contribution in [0, 0.1) is 6.92 Å². The topological polar surface area (TPSA) is 51.0 Å². The molecule has 0 aliphatic carbocycles. The molecule has 0 spiro atoms. The molecule has 0 fully saturated rings. The van der Waals surface area contributed by atoms with Crippen LogP contribution in [-0.4, -0.2) is 25.6 Å². The zero-order chi connectivity index (χ0) is 20.9. The normalized spacial score (nSPS) is 11.8. The summed E-state index contributed by atoms with van der Waals surface area (Å²) in [5.41, 5.74) is 4.18. The predicted octanol–water partition coefficient (Wildman–Crippen LogP) is 4.98. The van der Waals surface area contributed by atoms with Crippen molar-refractivity contribution in [3.63, 3.8) is 0 Å². The highest BCUT2D eigenvalue weighted by molar-refractivity contribution is 5.92. The second-order valence-electron chi connectivity index (χ2n) is 7.27. The molecule has 0 N–H and O–H groups in total. The van der Waals surface area contributed by atoms with E-state index in [1.165, 1.54) is 0 Å². The molecule has 0 aliphatic rings. The molecule has 0 saturated carbocycles. The van der Waals surface area contributed by atoms with Crippen molar-refractivity contribution in [2.75, 3.05) is 0 Å². The van der Waals surface area contributed by atoms with Gasteiger partial charge in [-0.15, -0.1) is 0 Å². The fourth-order valence-corrected chi connectivity index (χ4v) is 3.50. The Kier molecular flexibility index (Phi) is 5.70. The highest BCUT2D eigenvalue weighted by atomic mass is 16.2. The number of carbonyl (C=O) groups is 1. The number of amides is 1. The molecule has 0 radical (unpaired) electrons. The van der Waals surface area contributed by atoms with Crippen molar-refractivity contribution < 1.29 is 4.79 Å². The van der Waals surface area contributed by atoms with E-state index < -0.39 is 0 Å². The SMILES string of the molecule is Cc1cc(C(=O)N(Cc2ccccc2)C(C)c2ccccn2)nn1-c1ccccc1. The summed E-state index contributed by atoms with van der Waals surface area (Å²) >= 11 is 0. The van der Waals surface area contributed by atoms with E-state index in [1.807, 2.05) is 104 Å². The van der Waals surface area contributed by atoms with Gasteiger partial charge in [0.05, 0.1) is 17.4 Å². The van der Waals surface area contributed by atoms with Gasteiger partial charge in [-0.25, -0.2) is 4.68 Å². The Morgan fingerprint density at radius 1 is 0.967 bits per heavy atom. The van der Waals surface area contributed by atoms with Crippen LogP contribution in [0.15, 0.2) is 91.1 Å². The molecular weight excluding hydrogens is 372 g/mol. The molecule has 2 aromatic heterocycles. The molecule has 150 valence electrons. The van der Waals surface area contributed by atoms with E-state index in [4.69, 9.17) is 0 Å². The van der Waals surface area contributed by atoms with E-state index in [9.17, 15) is 4.79 Å². The van der Waals surface area contributed by atoms with E-state index >= 15 is 0 Å². The third-order valence-electron chi connectivity index (χ3n) is 5.15. The molecule has 2 heterocycles. The summed E-state index contributed by atoms with van der Waals surface area (Å²) in [6.45, 7) is 4.44. The predicted molar refractivity (Wildman–Crippen MR) is 117 cm³/mol. The van der Waals surface area contributed by atoms with Crippen LogP contribution >= 0.6 is 0 Å². The first kappa shape index (κ1) is 19.6. The summed E-state index contributed by atoms with van der Waals surface area (Å²) in [5, 5.41) is 4.62. The van der Waals surface area contributed by atoms with Crippen molar-refractivity contribution in [3.05, 3.63) is 114 Å². The first-order chi connectivity index (χ1) is 14.6. The van der Waals surface area contributed by atoms with Crippen molar-refractivity contribution in [3.8, 4) is 5.69 Å². The van der Waals surface area contributed by atoms with Gasteiger partial charge in [-0.1, -0.05) is 54.6 Å². The third kappa shape index (κ3) is 4.15. The molecule has 0 saturated heterocycles. The Bertz CT molecular complexity index is 1110. The maximum Gasteiger partial charge on any atom is 0.275 e. The lowest BCUT2D eigenvalue weighted by Crippen LogP contribution is -2.34. The van der Waals surface area contributed by atoms with E-state index in [0.29, 0.717) is 12.2 Å². The number of hydrogen-bond acceptors (Lipinski definition) is 3. The van der Waals surface area contributed by atoms with Crippen LogP contribution in [0.5, 0.6) is 0 Å². The Hall–Kier alpha value is -3.73. The molecule has 4 rings (SSSR count). The molecule has 0 bridgehead atoms. The van der Waals surface area contributed by atoms with Gasteiger partial charge < -0.3 is 4.90 Å². The molecule has 5 heteroatoms. The van der Waals surface area contributed by atoms with Crippen molar-refractivity contribution >= 4 is 5.91 Å². The van der Waals surface area contributed by atoms with Gasteiger partial charge in [0.2, 0.25) is 0 Å². The second-order valence-corrected chi connectivity index (χ2v) is 7.27. The number of benzene rings is 2. The van der Waals surface area contributed by atoms with Crippen molar-refractivity contribution in [2.45, 2.75) is 26.4 Å². The zero-order valence-electron chi connectivity index (χ0n) is 17.1. The number of pyridine rings is 1. The van der Waals surface area contributed by atoms with Crippen molar-refractivity contribution in [1.29, 1.82) is 0 Å². The summed E-state index contributed by atoms with van der Waals surface area (Å²) in [7, 11) is 0. The van der Waals surface area contributed by atoms with Gasteiger partial charge in [0.25, 0.3) is 5.91 Å². The van der Waals surface area contributed by atoms with Crippen LogP contribution in [0.4, 0.5) is 0 Å². The Morgan fingerprint density at radius 3 is 2.30 bits per heavy atom. The van der Waals surface area contributed by atoms with Gasteiger partial charge >= 0.3 is 0 Å². The summed E-state index contributed by atoms with van der Waals surface area (Å²) in [6.07, 6.45) is 1.76. The van der Waals surface area contributed by atoms with Crippen LogP contribution in [0.1, 0.15) is 40.4 Å². The van der Waals surface area contributed by atoms with Gasteiger partial charge in [0, 0.05) is 18.4 Å². The molecule has 5 nitrogen and oxygen atoms in total. The maximum absolute atomic E-state index is 13.6. The summed E-state index contributed by atoms with van der Waals surface area (Å²) in [5.74, 6) is -0.116. The minimum Gasteiger partial charge on any atom is -0.325 e. The number of hydrogen-bond donors (Lipinski definition) is 0. The summed E-state index contributed by atoms with van der Waals surface area (Å²) < 4.78 is 1.80. The lowest BCUT2D eigenvalue weighted by Gasteiger charge is -2.28. The third-order valence-corrected chi connectivity index (χ3v) is 5.15. The monoisotopic (exact) mass is 396 g/mol. The fraction of sp³-hybridized carbons (Fsp3) is 0.160. The van der Waals surface area contributed by atoms with Gasteiger partial charge in [0.15, 0.2) is 5.69 Å². The highest BCUT2D eigenvalue weighted by Crippen LogP contribution is 2.24. The summed E-state index contributed by atoms with van der Waals surface area (Å²) in [4.78, 5) is 19.9. The van der Waals surface area contributed by atoms with Gasteiger partial charge in [-0.2, -0.15) is 5.10 Å². The van der Waals surface area contributed by atoms with E-state index in [2.05, 4.69) is 10.1 Å².